The Bertz CT molecular complexity index is 1030. The average Bonchev–Trinajstić information content (AvgIpc) is 3.03. The maximum Gasteiger partial charge on any atom is 0.270 e. The van der Waals surface area contributed by atoms with Crippen molar-refractivity contribution in [1.29, 1.82) is 5.26 Å². The van der Waals surface area contributed by atoms with Gasteiger partial charge in [0.2, 0.25) is 0 Å². The number of nitriles is 1. The highest BCUT2D eigenvalue weighted by Crippen LogP contribution is 2.35. The first-order chi connectivity index (χ1) is 15.3. The molecule has 2 saturated heterocycles. The number of amides is 1. The summed E-state index contributed by atoms with van der Waals surface area (Å²) in [6.45, 7) is 8.13. The van der Waals surface area contributed by atoms with E-state index >= 15 is 0 Å². The maximum absolute atomic E-state index is 13.1. The summed E-state index contributed by atoms with van der Waals surface area (Å²) >= 11 is 6.80. The molecule has 3 rings (SSSR count). The quantitative estimate of drug-likeness (QED) is 0.368. The van der Waals surface area contributed by atoms with Crippen LogP contribution >= 0.6 is 24.0 Å². The third-order valence-electron chi connectivity index (χ3n) is 6.27. The minimum Gasteiger partial charge on any atom is -0.346 e. The molecule has 0 atom stereocenters. The Labute approximate surface area is 199 Å². The zero-order valence-electron chi connectivity index (χ0n) is 19.4. The maximum atomic E-state index is 13.1. The van der Waals surface area contributed by atoms with E-state index in [0.29, 0.717) is 21.3 Å². The van der Waals surface area contributed by atoms with Gasteiger partial charge in [-0.15, -0.1) is 0 Å². The number of carbonyl (C=O) groups excluding carboxylic acids is 1. The van der Waals surface area contributed by atoms with E-state index in [1.165, 1.54) is 16.7 Å². The third kappa shape index (κ3) is 4.92. The zero-order valence-corrected chi connectivity index (χ0v) is 21.0. The van der Waals surface area contributed by atoms with Crippen LogP contribution in [0, 0.1) is 18.3 Å². The van der Waals surface area contributed by atoms with Gasteiger partial charge >= 0.3 is 0 Å². The number of hydrogen-bond acceptors (Lipinski definition) is 6. The van der Waals surface area contributed by atoms with E-state index in [0.717, 1.165) is 63.2 Å². The largest absolute Gasteiger partial charge is 0.346 e. The normalized spacial score (nSPS) is 18.7. The van der Waals surface area contributed by atoms with E-state index in [-0.39, 0.29) is 17.0 Å². The van der Waals surface area contributed by atoms with Crippen molar-refractivity contribution in [3.63, 3.8) is 0 Å². The monoisotopic (exact) mass is 474 g/mol. The van der Waals surface area contributed by atoms with E-state index in [2.05, 4.69) is 24.9 Å². The second-order valence-corrected chi connectivity index (χ2v) is 10.2. The standard InChI is InChI=1S/C23H31N5O2S2/c1-5-6-7-8-9-28-22(30)19(32-23(28)31)14-17-16(2)18(15-24)21(29)26(4)20(17)27-12-10-25(3)11-13-27/h14H,5-13H2,1-4H3/p+1/b19-14-. The van der Waals surface area contributed by atoms with Crippen LogP contribution in [0.2, 0.25) is 0 Å². The summed E-state index contributed by atoms with van der Waals surface area (Å²) in [5, 5.41) is 9.62. The summed E-state index contributed by atoms with van der Waals surface area (Å²) < 4.78 is 2.13. The van der Waals surface area contributed by atoms with Crippen molar-refractivity contribution in [2.24, 2.45) is 7.05 Å². The number of nitrogens with one attached hydrogen (secondary N) is 1. The summed E-state index contributed by atoms with van der Waals surface area (Å²) in [4.78, 5) is 31.9. The number of pyridine rings is 1. The highest BCUT2D eigenvalue weighted by Gasteiger charge is 2.33. The van der Waals surface area contributed by atoms with Crippen LogP contribution in [-0.4, -0.2) is 59.5 Å². The summed E-state index contributed by atoms with van der Waals surface area (Å²) in [5.74, 6) is 0.684. The number of piperazine rings is 1. The molecular formula is C23H32N5O2S2+. The van der Waals surface area contributed by atoms with E-state index in [9.17, 15) is 14.9 Å². The molecule has 0 bridgehead atoms. The lowest BCUT2D eigenvalue weighted by Crippen LogP contribution is -3.12. The molecule has 2 aliphatic rings. The molecule has 2 fully saturated rings. The highest BCUT2D eigenvalue weighted by atomic mass is 32.2. The number of thioether (sulfide) groups is 1. The van der Waals surface area contributed by atoms with E-state index < -0.39 is 0 Å². The predicted molar refractivity (Wildman–Crippen MR) is 134 cm³/mol. The van der Waals surface area contributed by atoms with Crippen LogP contribution in [0.15, 0.2) is 9.70 Å². The molecule has 0 unspecified atom stereocenters. The summed E-state index contributed by atoms with van der Waals surface area (Å²) in [5.41, 5.74) is 1.20. The number of carbonyl (C=O) groups is 1. The number of thiocarbonyl (C=S) groups is 1. The predicted octanol–water partition coefficient (Wildman–Crippen LogP) is 1.68. The first kappa shape index (κ1) is 24.5. The molecule has 0 spiro atoms. The molecule has 0 aliphatic carbocycles. The molecule has 172 valence electrons. The van der Waals surface area contributed by atoms with Gasteiger partial charge in [0.05, 0.1) is 38.1 Å². The number of nitrogens with zero attached hydrogens (tertiary/aromatic N) is 4. The molecule has 3 heterocycles. The topological polar surface area (TPSA) is 73.8 Å². The lowest BCUT2D eigenvalue weighted by Gasteiger charge is -2.34. The number of unbranched alkanes of at least 4 members (excludes halogenated alkanes) is 3. The molecule has 32 heavy (non-hydrogen) atoms. The molecule has 0 aromatic carbocycles. The van der Waals surface area contributed by atoms with Crippen molar-refractivity contribution >= 4 is 46.1 Å². The highest BCUT2D eigenvalue weighted by molar-refractivity contribution is 8.26. The fourth-order valence-corrected chi connectivity index (χ4v) is 5.51. The molecular weight excluding hydrogens is 442 g/mol. The number of quaternary nitrogens is 1. The fourth-order valence-electron chi connectivity index (χ4n) is 4.22. The van der Waals surface area contributed by atoms with Crippen LogP contribution in [0.5, 0.6) is 0 Å². The summed E-state index contributed by atoms with van der Waals surface area (Å²) in [6, 6.07) is 2.06. The number of likely N-dealkylation sites (N-methyl/N-ethyl adjacent to an activating group) is 1. The molecule has 9 heteroatoms. The Kier molecular flexibility index (Phi) is 8.15. The molecule has 2 aliphatic heterocycles. The molecule has 1 N–H and O–H groups in total. The third-order valence-corrected chi connectivity index (χ3v) is 7.65. The first-order valence-corrected chi connectivity index (χ1v) is 12.5. The molecule has 7 nitrogen and oxygen atoms in total. The van der Waals surface area contributed by atoms with E-state index in [1.54, 1.807) is 23.4 Å². The Morgan fingerprint density at radius 3 is 2.53 bits per heavy atom. The van der Waals surface area contributed by atoms with Crippen LogP contribution in [-0.2, 0) is 11.8 Å². The second-order valence-electron chi connectivity index (χ2n) is 8.55. The molecule has 0 radical (unpaired) electrons. The smallest absolute Gasteiger partial charge is 0.270 e. The number of anilines is 1. The summed E-state index contributed by atoms with van der Waals surface area (Å²) in [7, 11) is 3.87. The average molecular weight is 475 g/mol. The Balaban J connectivity index is 2.01. The second kappa shape index (κ2) is 10.6. The molecule has 1 amide bonds. The van der Waals surface area contributed by atoms with Crippen LogP contribution in [0.25, 0.3) is 6.08 Å². The van der Waals surface area contributed by atoms with Gasteiger partial charge in [-0.3, -0.25) is 19.1 Å². The van der Waals surface area contributed by atoms with Gasteiger partial charge in [-0.25, -0.2) is 0 Å². The van der Waals surface area contributed by atoms with Gasteiger partial charge in [-0.1, -0.05) is 50.2 Å². The van der Waals surface area contributed by atoms with Crippen molar-refractivity contribution in [2.45, 2.75) is 39.5 Å². The van der Waals surface area contributed by atoms with Crippen LogP contribution < -0.4 is 15.4 Å². The minimum atomic E-state index is -0.299. The number of rotatable bonds is 7. The Morgan fingerprint density at radius 2 is 1.91 bits per heavy atom. The minimum absolute atomic E-state index is 0.0861. The molecule has 1 aromatic heterocycles. The van der Waals surface area contributed by atoms with Crippen LogP contribution in [0.3, 0.4) is 0 Å². The Morgan fingerprint density at radius 1 is 1.22 bits per heavy atom. The van der Waals surface area contributed by atoms with Crippen LogP contribution in [0.1, 0.15) is 49.3 Å². The van der Waals surface area contributed by atoms with E-state index in [4.69, 9.17) is 12.2 Å². The van der Waals surface area contributed by atoms with Crippen molar-refractivity contribution in [1.82, 2.24) is 9.47 Å². The van der Waals surface area contributed by atoms with Gasteiger partial charge in [0.25, 0.3) is 11.5 Å². The van der Waals surface area contributed by atoms with Gasteiger partial charge in [0.1, 0.15) is 21.8 Å². The zero-order chi connectivity index (χ0) is 23.4. The number of hydrogen-bond donors (Lipinski definition) is 1. The van der Waals surface area contributed by atoms with Crippen molar-refractivity contribution in [3.8, 4) is 6.07 Å². The fraction of sp³-hybridized carbons (Fsp3) is 0.565. The lowest BCUT2D eigenvalue weighted by molar-refractivity contribution is -0.880. The van der Waals surface area contributed by atoms with Gasteiger partial charge in [0, 0.05) is 19.2 Å². The van der Waals surface area contributed by atoms with Crippen LogP contribution in [0.4, 0.5) is 5.82 Å². The molecule has 1 aromatic rings. The summed E-state index contributed by atoms with van der Waals surface area (Å²) in [6.07, 6.45) is 6.13. The van der Waals surface area contributed by atoms with Crippen molar-refractivity contribution < 1.29 is 9.69 Å². The lowest BCUT2D eigenvalue weighted by atomic mass is 10.0. The van der Waals surface area contributed by atoms with E-state index in [1.807, 2.05) is 6.08 Å². The first-order valence-electron chi connectivity index (χ1n) is 11.2. The molecule has 0 saturated carbocycles. The van der Waals surface area contributed by atoms with Gasteiger partial charge in [0.15, 0.2) is 0 Å². The Hall–Kier alpha value is -2.15. The SMILES string of the molecule is CCCCCCN1C(=O)/C(=C/c2c(C)c(C#N)c(=O)n(C)c2N2CC[NH+](C)CC2)SC1=S. The van der Waals surface area contributed by atoms with Gasteiger partial charge in [-0.05, 0) is 25.0 Å². The van der Waals surface area contributed by atoms with Gasteiger partial charge < -0.3 is 9.80 Å². The van der Waals surface area contributed by atoms with Crippen molar-refractivity contribution in [2.75, 3.05) is 44.7 Å². The number of aromatic nitrogens is 1. The van der Waals surface area contributed by atoms with Gasteiger partial charge in [-0.2, -0.15) is 5.26 Å². The van der Waals surface area contributed by atoms with Crippen molar-refractivity contribution in [3.05, 3.63) is 31.9 Å².